The maximum atomic E-state index is 11.2. The molecule has 2 rings (SSSR count). The number of hydrogen-bond donors (Lipinski definition) is 2. The van der Waals surface area contributed by atoms with Crippen LogP contribution in [0.1, 0.15) is 35.2 Å². The maximum absolute atomic E-state index is 11.2. The molecule has 0 heterocycles. The number of hydrazine groups is 1. The van der Waals surface area contributed by atoms with Gasteiger partial charge >= 0.3 is 0 Å². The lowest BCUT2D eigenvalue weighted by Gasteiger charge is -2.05. The van der Waals surface area contributed by atoms with Gasteiger partial charge in [-0.3, -0.25) is 10.2 Å². The monoisotopic (exact) mass is 234 g/mol. The second-order valence-corrected chi connectivity index (χ2v) is 4.46. The smallest absolute Gasteiger partial charge is 0.265 e. The van der Waals surface area contributed by atoms with Gasteiger partial charge in [0, 0.05) is 12.2 Å². The summed E-state index contributed by atoms with van der Waals surface area (Å²) in [6.07, 6.45) is 3.91. The van der Waals surface area contributed by atoms with Crippen LogP contribution in [0.5, 0.6) is 0 Å². The normalized spacial score (nSPS) is 14.6. The van der Waals surface area contributed by atoms with E-state index in [9.17, 15) is 4.79 Å². The van der Waals surface area contributed by atoms with E-state index in [1.807, 2.05) is 12.1 Å². The van der Waals surface area contributed by atoms with Gasteiger partial charge in [-0.2, -0.15) is 0 Å². The predicted molar refractivity (Wildman–Crippen MR) is 65.1 cm³/mol. The molecule has 1 aliphatic carbocycles. The molecule has 3 N–H and O–H groups in total. The number of nitrogens with two attached hydrogens (primary N) is 1. The van der Waals surface area contributed by atoms with E-state index >= 15 is 0 Å². The molecule has 4 heteroatoms. The van der Waals surface area contributed by atoms with Crippen LogP contribution in [0.4, 0.5) is 0 Å². The second kappa shape index (κ2) is 5.80. The molecule has 0 aliphatic heterocycles. The third-order valence-corrected chi connectivity index (χ3v) is 2.98. The highest BCUT2D eigenvalue weighted by Gasteiger charge is 2.20. The molecular formula is C13H18N2O2. The van der Waals surface area contributed by atoms with Crippen molar-refractivity contribution in [1.82, 2.24) is 5.43 Å². The molecule has 1 aromatic carbocycles. The van der Waals surface area contributed by atoms with E-state index in [1.165, 1.54) is 19.3 Å². The highest BCUT2D eigenvalue weighted by Crippen LogP contribution is 2.32. The topological polar surface area (TPSA) is 64.3 Å². The molecule has 1 fully saturated rings. The van der Waals surface area contributed by atoms with Crippen LogP contribution >= 0.6 is 0 Å². The average Bonchev–Trinajstić information content (AvgIpc) is 3.18. The zero-order valence-corrected chi connectivity index (χ0v) is 9.82. The van der Waals surface area contributed by atoms with Gasteiger partial charge in [0.25, 0.3) is 5.91 Å². The molecule has 1 amide bonds. The number of ether oxygens (including phenoxy) is 1. The number of carbonyl (C=O) groups excluding carboxylic acids is 1. The molecule has 92 valence electrons. The molecule has 17 heavy (non-hydrogen) atoms. The lowest BCUT2D eigenvalue weighted by molar-refractivity contribution is 0.0953. The molecule has 0 atom stereocenters. The standard InChI is InChI=1S/C13H18N2O2/c14-15-13(16)12-5-3-11(4-6-12)9-17-8-7-10-1-2-10/h3-6,10H,1-2,7-9,14H2,(H,15,16). The zero-order valence-electron chi connectivity index (χ0n) is 9.82. The van der Waals surface area contributed by atoms with Gasteiger partial charge in [-0.05, 0) is 30.0 Å². The van der Waals surface area contributed by atoms with E-state index in [-0.39, 0.29) is 5.91 Å². The maximum Gasteiger partial charge on any atom is 0.265 e. The molecule has 0 bridgehead atoms. The zero-order chi connectivity index (χ0) is 12.1. The quantitative estimate of drug-likeness (QED) is 0.340. The van der Waals surface area contributed by atoms with Crippen molar-refractivity contribution in [1.29, 1.82) is 0 Å². The summed E-state index contributed by atoms with van der Waals surface area (Å²) in [6.45, 7) is 1.44. The molecule has 0 radical (unpaired) electrons. The minimum Gasteiger partial charge on any atom is -0.377 e. The van der Waals surface area contributed by atoms with Crippen molar-refractivity contribution >= 4 is 5.91 Å². The molecule has 1 aliphatic rings. The van der Waals surface area contributed by atoms with Gasteiger partial charge in [0.2, 0.25) is 0 Å². The van der Waals surface area contributed by atoms with Crippen LogP contribution in [0.3, 0.4) is 0 Å². The van der Waals surface area contributed by atoms with E-state index in [1.54, 1.807) is 12.1 Å². The first-order valence-electron chi connectivity index (χ1n) is 5.97. The Morgan fingerprint density at radius 1 is 1.35 bits per heavy atom. The number of carbonyl (C=O) groups is 1. The summed E-state index contributed by atoms with van der Waals surface area (Å²) < 4.78 is 5.57. The number of rotatable bonds is 6. The van der Waals surface area contributed by atoms with E-state index in [2.05, 4.69) is 5.43 Å². The van der Waals surface area contributed by atoms with Crippen molar-refractivity contribution in [3.05, 3.63) is 35.4 Å². The molecule has 4 nitrogen and oxygen atoms in total. The third-order valence-electron chi connectivity index (χ3n) is 2.98. The fourth-order valence-corrected chi connectivity index (χ4v) is 1.68. The summed E-state index contributed by atoms with van der Waals surface area (Å²) in [5.41, 5.74) is 3.74. The van der Waals surface area contributed by atoms with Crippen molar-refractivity contribution in [3.63, 3.8) is 0 Å². The first-order valence-corrected chi connectivity index (χ1v) is 5.97. The second-order valence-electron chi connectivity index (χ2n) is 4.46. The fourth-order valence-electron chi connectivity index (χ4n) is 1.68. The Balaban J connectivity index is 1.74. The Bertz CT molecular complexity index is 372. The van der Waals surface area contributed by atoms with Gasteiger partial charge in [0.1, 0.15) is 0 Å². The number of benzene rings is 1. The van der Waals surface area contributed by atoms with Crippen LogP contribution in [-0.4, -0.2) is 12.5 Å². The van der Waals surface area contributed by atoms with Crippen LogP contribution in [-0.2, 0) is 11.3 Å². The molecule has 1 aromatic rings. The predicted octanol–water partition coefficient (Wildman–Crippen LogP) is 1.61. The van der Waals surface area contributed by atoms with Crippen LogP contribution in [0.2, 0.25) is 0 Å². The molecule has 0 unspecified atom stereocenters. The lowest BCUT2D eigenvalue weighted by Crippen LogP contribution is -2.29. The van der Waals surface area contributed by atoms with Gasteiger partial charge < -0.3 is 4.74 Å². The van der Waals surface area contributed by atoms with Crippen LogP contribution < -0.4 is 11.3 Å². The summed E-state index contributed by atoms with van der Waals surface area (Å²) in [6, 6.07) is 7.28. The Labute approximate surface area is 101 Å². The summed E-state index contributed by atoms with van der Waals surface area (Å²) in [7, 11) is 0. The number of hydrogen-bond acceptors (Lipinski definition) is 3. The van der Waals surface area contributed by atoms with E-state index < -0.39 is 0 Å². The number of nitrogen functional groups attached to an aromatic ring is 1. The van der Waals surface area contributed by atoms with Gasteiger partial charge in [-0.15, -0.1) is 0 Å². The first kappa shape index (κ1) is 12.1. The Morgan fingerprint density at radius 3 is 2.65 bits per heavy atom. The molecule has 0 saturated heterocycles. The van der Waals surface area contributed by atoms with Crippen LogP contribution in [0.15, 0.2) is 24.3 Å². The van der Waals surface area contributed by atoms with Gasteiger partial charge in [0.05, 0.1) is 6.61 Å². The van der Waals surface area contributed by atoms with Crippen molar-refractivity contribution in [2.45, 2.75) is 25.9 Å². The van der Waals surface area contributed by atoms with Crippen molar-refractivity contribution in [2.75, 3.05) is 6.61 Å². The summed E-state index contributed by atoms with van der Waals surface area (Å²) in [4.78, 5) is 11.2. The Kier molecular flexibility index (Phi) is 4.12. The number of nitrogens with one attached hydrogen (secondary N) is 1. The van der Waals surface area contributed by atoms with Crippen molar-refractivity contribution < 1.29 is 9.53 Å². The van der Waals surface area contributed by atoms with Crippen LogP contribution in [0.25, 0.3) is 0 Å². The van der Waals surface area contributed by atoms with E-state index in [0.717, 1.165) is 18.1 Å². The summed E-state index contributed by atoms with van der Waals surface area (Å²) in [5, 5.41) is 0. The van der Waals surface area contributed by atoms with Crippen LogP contribution in [0, 0.1) is 5.92 Å². The molecule has 0 aromatic heterocycles. The fraction of sp³-hybridized carbons (Fsp3) is 0.462. The highest BCUT2D eigenvalue weighted by atomic mass is 16.5. The van der Waals surface area contributed by atoms with E-state index in [4.69, 9.17) is 10.6 Å². The number of amides is 1. The van der Waals surface area contributed by atoms with Crippen molar-refractivity contribution in [2.24, 2.45) is 11.8 Å². The molecule has 0 spiro atoms. The summed E-state index contributed by atoms with van der Waals surface area (Å²) in [5.74, 6) is 5.69. The first-order chi connectivity index (χ1) is 8.29. The Hall–Kier alpha value is -1.39. The largest absolute Gasteiger partial charge is 0.377 e. The molecule has 1 saturated carbocycles. The summed E-state index contributed by atoms with van der Waals surface area (Å²) >= 11 is 0. The van der Waals surface area contributed by atoms with E-state index in [0.29, 0.717) is 12.2 Å². The van der Waals surface area contributed by atoms with Crippen molar-refractivity contribution in [3.8, 4) is 0 Å². The van der Waals surface area contributed by atoms with Gasteiger partial charge in [-0.1, -0.05) is 25.0 Å². The third kappa shape index (κ3) is 3.84. The van der Waals surface area contributed by atoms with Gasteiger partial charge in [0.15, 0.2) is 0 Å². The minimum atomic E-state index is -0.272. The van der Waals surface area contributed by atoms with Gasteiger partial charge in [-0.25, -0.2) is 5.84 Å². The minimum absolute atomic E-state index is 0.272. The SMILES string of the molecule is NNC(=O)c1ccc(COCCC2CC2)cc1. The molecular weight excluding hydrogens is 216 g/mol. The average molecular weight is 234 g/mol. The lowest BCUT2D eigenvalue weighted by atomic mass is 10.1. The Morgan fingerprint density at radius 2 is 2.06 bits per heavy atom. The highest BCUT2D eigenvalue weighted by molar-refractivity contribution is 5.93.